The second kappa shape index (κ2) is 8.14. The standard InChI is InChI=1S/C19H21N3O3S/c1-4-14(24-15-8-5-7-12(2)13(15)3)19(23)20-11-17-21-18(22-25-17)16-9-6-10-26-16/h5-10,14H,4,11H2,1-3H3,(H,20,23)/t14-/m0/s1. The van der Waals surface area contributed by atoms with Crippen LogP contribution in [0.4, 0.5) is 0 Å². The lowest BCUT2D eigenvalue weighted by Crippen LogP contribution is -2.37. The Balaban J connectivity index is 1.60. The molecule has 136 valence electrons. The van der Waals surface area contributed by atoms with Crippen LogP contribution < -0.4 is 10.1 Å². The average Bonchev–Trinajstić information content (AvgIpc) is 3.32. The van der Waals surface area contributed by atoms with Crippen molar-refractivity contribution in [3.05, 3.63) is 52.7 Å². The fraction of sp³-hybridized carbons (Fsp3) is 0.316. The van der Waals surface area contributed by atoms with E-state index < -0.39 is 6.10 Å². The molecule has 1 N–H and O–H groups in total. The van der Waals surface area contributed by atoms with Gasteiger partial charge in [0.25, 0.3) is 5.91 Å². The first kappa shape index (κ1) is 18.1. The fourth-order valence-corrected chi connectivity index (χ4v) is 3.09. The van der Waals surface area contributed by atoms with Gasteiger partial charge in [0.05, 0.1) is 11.4 Å². The van der Waals surface area contributed by atoms with Gasteiger partial charge in [0.1, 0.15) is 5.75 Å². The Kier molecular flexibility index (Phi) is 5.68. The predicted molar refractivity (Wildman–Crippen MR) is 100 cm³/mol. The van der Waals surface area contributed by atoms with E-state index in [-0.39, 0.29) is 12.5 Å². The molecule has 3 aromatic rings. The lowest BCUT2D eigenvalue weighted by molar-refractivity contribution is -0.128. The van der Waals surface area contributed by atoms with Gasteiger partial charge in [0, 0.05) is 0 Å². The number of rotatable bonds is 7. The molecule has 0 saturated carbocycles. The van der Waals surface area contributed by atoms with E-state index in [1.165, 1.54) is 11.3 Å². The summed E-state index contributed by atoms with van der Waals surface area (Å²) >= 11 is 1.53. The van der Waals surface area contributed by atoms with Gasteiger partial charge in [-0.1, -0.05) is 30.3 Å². The highest BCUT2D eigenvalue weighted by Gasteiger charge is 2.20. The molecule has 1 aromatic carbocycles. The van der Waals surface area contributed by atoms with E-state index in [4.69, 9.17) is 9.26 Å². The molecule has 6 nitrogen and oxygen atoms in total. The third-order valence-corrected chi connectivity index (χ3v) is 4.98. The van der Waals surface area contributed by atoms with Crippen LogP contribution in [0, 0.1) is 13.8 Å². The summed E-state index contributed by atoms with van der Waals surface area (Å²) < 4.78 is 11.1. The van der Waals surface area contributed by atoms with Gasteiger partial charge < -0.3 is 14.6 Å². The van der Waals surface area contributed by atoms with Crippen LogP contribution in [0.15, 0.2) is 40.2 Å². The SMILES string of the molecule is CC[C@H](Oc1cccc(C)c1C)C(=O)NCc1nc(-c2cccs2)no1. The number of aromatic nitrogens is 2. The lowest BCUT2D eigenvalue weighted by Gasteiger charge is -2.18. The molecule has 0 radical (unpaired) electrons. The molecule has 1 atom stereocenters. The van der Waals surface area contributed by atoms with Crippen molar-refractivity contribution in [1.29, 1.82) is 0 Å². The summed E-state index contributed by atoms with van der Waals surface area (Å²) in [4.78, 5) is 17.7. The quantitative estimate of drug-likeness (QED) is 0.682. The first-order valence-electron chi connectivity index (χ1n) is 8.45. The molecule has 0 fully saturated rings. The molecule has 0 unspecified atom stereocenters. The Labute approximate surface area is 156 Å². The summed E-state index contributed by atoms with van der Waals surface area (Å²) in [6.45, 7) is 6.09. The Hall–Kier alpha value is -2.67. The number of hydrogen-bond donors (Lipinski definition) is 1. The number of carbonyl (C=O) groups excluding carboxylic acids is 1. The Morgan fingerprint density at radius 2 is 2.15 bits per heavy atom. The van der Waals surface area contributed by atoms with Crippen molar-refractivity contribution in [1.82, 2.24) is 15.5 Å². The molecule has 1 amide bonds. The van der Waals surface area contributed by atoms with Crippen molar-refractivity contribution >= 4 is 17.2 Å². The molecular weight excluding hydrogens is 350 g/mol. The molecule has 0 aliphatic carbocycles. The minimum Gasteiger partial charge on any atom is -0.480 e. The normalized spacial score (nSPS) is 12.0. The predicted octanol–water partition coefficient (Wildman–Crippen LogP) is 3.89. The van der Waals surface area contributed by atoms with Crippen molar-refractivity contribution in [3.63, 3.8) is 0 Å². The van der Waals surface area contributed by atoms with Crippen LogP contribution in [0.1, 0.15) is 30.4 Å². The number of nitrogens with zero attached hydrogens (tertiary/aromatic N) is 2. The summed E-state index contributed by atoms with van der Waals surface area (Å²) in [6, 6.07) is 9.66. The van der Waals surface area contributed by atoms with Crippen LogP contribution in [0.25, 0.3) is 10.7 Å². The number of ether oxygens (including phenoxy) is 1. The first-order chi connectivity index (χ1) is 12.6. The molecule has 0 bridgehead atoms. The minimum atomic E-state index is -0.574. The van der Waals surface area contributed by atoms with E-state index in [2.05, 4.69) is 15.5 Å². The van der Waals surface area contributed by atoms with Gasteiger partial charge in [-0.05, 0) is 48.9 Å². The Morgan fingerprint density at radius 1 is 1.31 bits per heavy atom. The van der Waals surface area contributed by atoms with Crippen molar-refractivity contribution in [3.8, 4) is 16.5 Å². The van der Waals surface area contributed by atoms with Gasteiger partial charge in [-0.15, -0.1) is 11.3 Å². The van der Waals surface area contributed by atoms with Gasteiger partial charge >= 0.3 is 0 Å². The summed E-state index contributed by atoms with van der Waals surface area (Å²) in [6.07, 6.45) is -0.0149. The molecule has 3 rings (SSSR count). The zero-order valence-electron chi connectivity index (χ0n) is 15.0. The highest BCUT2D eigenvalue weighted by atomic mass is 32.1. The molecule has 7 heteroatoms. The van der Waals surface area contributed by atoms with Crippen molar-refractivity contribution in [2.45, 2.75) is 39.8 Å². The Morgan fingerprint density at radius 3 is 2.88 bits per heavy atom. The fourth-order valence-electron chi connectivity index (χ4n) is 2.44. The van der Waals surface area contributed by atoms with Crippen molar-refractivity contribution in [2.75, 3.05) is 0 Å². The van der Waals surface area contributed by atoms with Crippen LogP contribution >= 0.6 is 11.3 Å². The maximum Gasteiger partial charge on any atom is 0.261 e. The molecule has 0 saturated heterocycles. The number of aryl methyl sites for hydroxylation is 1. The van der Waals surface area contributed by atoms with Gasteiger partial charge in [-0.3, -0.25) is 4.79 Å². The Bertz CT molecular complexity index is 874. The maximum atomic E-state index is 12.5. The number of carbonyl (C=O) groups is 1. The molecule has 0 spiro atoms. The second-order valence-corrected chi connectivity index (χ2v) is 6.87. The van der Waals surface area contributed by atoms with Crippen molar-refractivity contribution in [2.24, 2.45) is 0 Å². The maximum absolute atomic E-state index is 12.5. The van der Waals surface area contributed by atoms with E-state index in [9.17, 15) is 4.79 Å². The number of thiophene rings is 1. The van der Waals surface area contributed by atoms with Crippen LogP contribution in [-0.4, -0.2) is 22.2 Å². The third kappa shape index (κ3) is 4.11. The smallest absolute Gasteiger partial charge is 0.261 e. The van der Waals surface area contributed by atoms with Gasteiger partial charge in [0.15, 0.2) is 6.10 Å². The van der Waals surface area contributed by atoms with Crippen LogP contribution in [0.5, 0.6) is 5.75 Å². The monoisotopic (exact) mass is 371 g/mol. The first-order valence-corrected chi connectivity index (χ1v) is 9.33. The zero-order valence-corrected chi connectivity index (χ0v) is 15.8. The number of benzene rings is 1. The summed E-state index contributed by atoms with van der Waals surface area (Å²) in [5, 5.41) is 8.69. The molecule has 26 heavy (non-hydrogen) atoms. The summed E-state index contributed by atoms with van der Waals surface area (Å²) in [7, 11) is 0. The van der Waals surface area contributed by atoms with Gasteiger partial charge in [0.2, 0.25) is 11.7 Å². The molecule has 0 aliphatic rings. The van der Waals surface area contributed by atoms with Crippen LogP contribution in [0.3, 0.4) is 0 Å². The number of hydrogen-bond acceptors (Lipinski definition) is 6. The summed E-state index contributed by atoms with van der Waals surface area (Å²) in [5.74, 6) is 1.42. The van der Waals surface area contributed by atoms with E-state index in [1.54, 1.807) is 0 Å². The number of amides is 1. The zero-order chi connectivity index (χ0) is 18.5. The van der Waals surface area contributed by atoms with E-state index >= 15 is 0 Å². The lowest BCUT2D eigenvalue weighted by atomic mass is 10.1. The molecule has 0 aliphatic heterocycles. The van der Waals surface area contributed by atoms with E-state index in [0.29, 0.717) is 18.1 Å². The summed E-state index contributed by atoms with van der Waals surface area (Å²) in [5.41, 5.74) is 2.17. The average molecular weight is 371 g/mol. The number of nitrogens with one attached hydrogen (secondary N) is 1. The molecular formula is C19H21N3O3S. The topological polar surface area (TPSA) is 77.2 Å². The van der Waals surface area contributed by atoms with E-state index in [0.717, 1.165) is 21.8 Å². The third-order valence-electron chi connectivity index (χ3n) is 4.11. The van der Waals surface area contributed by atoms with Crippen molar-refractivity contribution < 1.29 is 14.1 Å². The highest BCUT2D eigenvalue weighted by molar-refractivity contribution is 7.13. The largest absolute Gasteiger partial charge is 0.480 e. The van der Waals surface area contributed by atoms with Gasteiger partial charge in [-0.2, -0.15) is 4.98 Å². The molecule has 2 heterocycles. The molecule has 2 aromatic heterocycles. The van der Waals surface area contributed by atoms with E-state index in [1.807, 2.05) is 56.5 Å². The second-order valence-electron chi connectivity index (χ2n) is 5.92. The highest BCUT2D eigenvalue weighted by Crippen LogP contribution is 2.23. The van der Waals surface area contributed by atoms with Crippen LogP contribution in [-0.2, 0) is 11.3 Å². The van der Waals surface area contributed by atoms with Gasteiger partial charge in [-0.25, -0.2) is 0 Å². The van der Waals surface area contributed by atoms with Crippen LogP contribution in [0.2, 0.25) is 0 Å². The minimum absolute atomic E-state index is 0.171.